The van der Waals surface area contributed by atoms with E-state index in [1.165, 1.54) is 44.8 Å². The lowest BCUT2D eigenvalue weighted by Gasteiger charge is -2.57. The third-order valence-electron chi connectivity index (χ3n) is 5.95. The van der Waals surface area contributed by atoms with Gasteiger partial charge >= 0.3 is 0 Å². The Morgan fingerprint density at radius 3 is 2.05 bits per heavy atom. The molecule has 20 heavy (non-hydrogen) atoms. The molecule has 3 nitrogen and oxygen atoms in total. The summed E-state index contributed by atoms with van der Waals surface area (Å²) in [6.07, 6.45) is 12.7. The summed E-state index contributed by atoms with van der Waals surface area (Å²) in [5, 5.41) is 0. The smallest absolute Gasteiger partial charge is 0.147 e. The van der Waals surface area contributed by atoms with Crippen molar-refractivity contribution in [2.75, 3.05) is 12.0 Å². The highest BCUT2D eigenvalue weighted by Gasteiger charge is 2.50. The van der Waals surface area contributed by atoms with Crippen molar-refractivity contribution in [1.29, 1.82) is 0 Å². The minimum absolute atomic E-state index is 0.202. The molecule has 4 saturated carbocycles. The molecule has 116 valence electrons. The number of hydrogen-bond donors (Lipinski definition) is 1. The van der Waals surface area contributed by atoms with Gasteiger partial charge < -0.3 is 5.73 Å². The molecule has 4 fully saturated rings. The lowest BCUT2D eigenvalue weighted by atomic mass is 9.48. The number of sulfone groups is 1. The van der Waals surface area contributed by atoms with E-state index >= 15 is 0 Å². The van der Waals surface area contributed by atoms with Gasteiger partial charge in [0.2, 0.25) is 0 Å². The zero-order valence-electron chi connectivity index (χ0n) is 12.7. The molecular formula is C16H29NO2S. The van der Waals surface area contributed by atoms with Crippen LogP contribution >= 0.6 is 0 Å². The van der Waals surface area contributed by atoms with Gasteiger partial charge in [0.25, 0.3) is 0 Å². The standard InChI is InChI=1S/C16H29NO2S/c1-20(18,19)4-2-3-15(17)11-16-8-12-5-13(9-16)7-14(6-12)10-16/h12-15H,2-11,17H2,1H3. The molecule has 4 rings (SSSR count). The van der Waals surface area contributed by atoms with Crippen LogP contribution in [-0.4, -0.2) is 26.5 Å². The molecule has 4 heteroatoms. The van der Waals surface area contributed by atoms with E-state index in [0.29, 0.717) is 11.2 Å². The Balaban J connectivity index is 1.52. The predicted molar refractivity (Wildman–Crippen MR) is 82.1 cm³/mol. The van der Waals surface area contributed by atoms with Crippen molar-refractivity contribution in [2.24, 2.45) is 28.9 Å². The van der Waals surface area contributed by atoms with E-state index in [1.807, 2.05) is 0 Å². The van der Waals surface area contributed by atoms with Gasteiger partial charge in [-0.25, -0.2) is 8.42 Å². The van der Waals surface area contributed by atoms with Gasteiger partial charge in [0, 0.05) is 18.1 Å². The van der Waals surface area contributed by atoms with E-state index in [1.54, 1.807) is 0 Å². The average Bonchev–Trinajstić information content (AvgIpc) is 2.23. The summed E-state index contributed by atoms with van der Waals surface area (Å²) >= 11 is 0. The van der Waals surface area contributed by atoms with Gasteiger partial charge in [0.1, 0.15) is 9.84 Å². The van der Waals surface area contributed by atoms with E-state index in [-0.39, 0.29) is 6.04 Å². The predicted octanol–water partition coefficient (Wildman–Crippen LogP) is 2.75. The number of nitrogens with two attached hydrogens (primary N) is 1. The maximum absolute atomic E-state index is 11.2. The Morgan fingerprint density at radius 2 is 1.60 bits per heavy atom. The molecule has 0 aromatic heterocycles. The van der Waals surface area contributed by atoms with Gasteiger partial charge in [-0.1, -0.05) is 0 Å². The third-order valence-corrected chi connectivity index (χ3v) is 6.98. The Morgan fingerprint density at radius 1 is 1.10 bits per heavy atom. The van der Waals surface area contributed by atoms with Crippen molar-refractivity contribution in [3.8, 4) is 0 Å². The Bertz CT molecular complexity index is 422. The zero-order valence-corrected chi connectivity index (χ0v) is 13.5. The summed E-state index contributed by atoms with van der Waals surface area (Å²) < 4.78 is 22.4. The first-order valence-corrected chi connectivity index (χ1v) is 10.3. The van der Waals surface area contributed by atoms with Crippen molar-refractivity contribution in [3.05, 3.63) is 0 Å². The van der Waals surface area contributed by atoms with Crippen LogP contribution in [0.3, 0.4) is 0 Å². The Kier molecular flexibility index (Phi) is 3.91. The normalized spacial score (nSPS) is 41.0. The molecule has 0 aromatic carbocycles. The van der Waals surface area contributed by atoms with Crippen LogP contribution in [-0.2, 0) is 9.84 Å². The molecule has 0 heterocycles. The molecule has 0 radical (unpaired) electrons. The number of rotatable bonds is 6. The van der Waals surface area contributed by atoms with Gasteiger partial charge in [-0.05, 0) is 81.0 Å². The Labute approximate surface area is 123 Å². The van der Waals surface area contributed by atoms with Crippen molar-refractivity contribution in [3.63, 3.8) is 0 Å². The maximum Gasteiger partial charge on any atom is 0.147 e. The highest BCUT2D eigenvalue weighted by Crippen LogP contribution is 2.61. The largest absolute Gasteiger partial charge is 0.328 e. The van der Waals surface area contributed by atoms with Gasteiger partial charge in [0.05, 0.1) is 0 Å². The molecule has 4 aliphatic carbocycles. The van der Waals surface area contributed by atoms with Crippen LogP contribution in [0, 0.1) is 23.2 Å². The first kappa shape index (κ1) is 14.8. The zero-order chi connectivity index (χ0) is 14.4. The number of hydrogen-bond acceptors (Lipinski definition) is 3. The van der Waals surface area contributed by atoms with Gasteiger partial charge in [-0.15, -0.1) is 0 Å². The maximum atomic E-state index is 11.2. The fourth-order valence-corrected chi connectivity index (χ4v) is 6.50. The van der Waals surface area contributed by atoms with E-state index in [0.717, 1.165) is 37.0 Å². The summed E-state index contributed by atoms with van der Waals surface area (Å²) in [6.45, 7) is 0. The van der Waals surface area contributed by atoms with Crippen molar-refractivity contribution < 1.29 is 8.42 Å². The van der Waals surface area contributed by atoms with E-state index < -0.39 is 9.84 Å². The minimum Gasteiger partial charge on any atom is -0.328 e. The summed E-state index contributed by atoms with van der Waals surface area (Å²) in [5.41, 5.74) is 6.86. The van der Waals surface area contributed by atoms with E-state index in [9.17, 15) is 8.42 Å². The molecular weight excluding hydrogens is 270 g/mol. The second-order valence-electron chi connectivity index (χ2n) is 8.15. The fraction of sp³-hybridized carbons (Fsp3) is 1.00. The van der Waals surface area contributed by atoms with Crippen LogP contribution < -0.4 is 5.73 Å². The summed E-state index contributed by atoms with van der Waals surface area (Å²) in [5.74, 6) is 3.22. The molecule has 1 atom stereocenters. The highest BCUT2D eigenvalue weighted by molar-refractivity contribution is 7.90. The first-order chi connectivity index (χ1) is 9.34. The molecule has 0 spiro atoms. The van der Waals surface area contributed by atoms with Crippen molar-refractivity contribution >= 4 is 9.84 Å². The Hall–Kier alpha value is -0.0900. The quantitative estimate of drug-likeness (QED) is 0.820. The van der Waals surface area contributed by atoms with Crippen LogP contribution in [0.15, 0.2) is 0 Å². The van der Waals surface area contributed by atoms with Crippen LogP contribution in [0.2, 0.25) is 0 Å². The van der Waals surface area contributed by atoms with Crippen LogP contribution in [0.25, 0.3) is 0 Å². The summed E-state index contributed by atoms with van der Waals surface area (Å²) in [7, 11) is -2.83. The van der Waals surface area contributed by atoms with Crippen LogP contribution in [0.5, 0.6) is 0 Å². The highest BCUT2D eigenvalue weighted by atomic mass is 32.2. The third kappa shape index (κ3) is 3.38. The van der Waals surface area contributed by atoms with Crippen molar-refractivity contribution in [1.82, 2.24) is 0 Å². The molecule has 2 N–H and O–H groups in total. The first-order valence-electron chi connectivity index (χ1n) is 8.27. The topological polar surface area (TPSA) is 60.2 Å². The molecule has 1 unspecified atom stereocenters. The molecule has 4 aliphatic rings. The monoisotopic (exact) mass is 299 g/mol. The average molecular weight is 299 g/mol. The summed E-state index contributed by atoms with van der Waals surface area (Å²) in [6, 6.07) is 0.202. The van der Waals surface area contributed by atoms with Crippen LogP contribution in [0.1, 0.15) is 57.8 Å². The van der Waals surface area contributed by atoms with Crippen molar-refractivity contribution in [2.45, 2.75) is 63.8 Å². The van der Waals surface area contributed by atoms with Gasteiger partial charge in [-0.2, -0.15) is 0 Å². The van der Waals surface area contributed by atoms with Gasteiger partial charge in [0.15, 0.2) is 0 Å². The lowest BCUT2D eigenvalue weighted by Crippen LogP contribution is -2.48. The van der Waals surface area contributed by atoms with Crippen LogP contribution in [0.4, 0.5) is 0 Å². The lowest BCUT2D eigenvalue weighted by molar-refractivity contribution is -0.0606. The molecule has 0 aromatic rings. The summed E-state index contributed by atoms with van der Waals surface area (Å²) in [4.78, 5) is 0. The molecule has 0 amide bonds. The second kappa shape index (κ2) is 5.28. The second-order valence-corrected chi connectivity index (χ2v) is 10.4. The minimum atomic E-state index is -2.83. The van der Waals surface area contributed by atoms with Gasteiger partial charge in [-0.3, -0.25) is 0 Å². The molecule has 0 aliphatic heterocycles. The molecule has 0 saturated heterocycles. The fourth-order valence-electron chi connectivity index (χ4n) is 5.81. The van der Waals surface area contributed by atoms with E-state index in [4.69, 9.17) is 5.73 Å². The van der Waals surface area contributed by atoms with E-state index in [2.05, 4.69) is 0 Å². The SMILES string of the molecule is CS(=O)(=O)CCCC(N)CC12CC3CC(CC(C3)C1)C2. The molecule has 4 bridgehead atoms.